The second-order valence-corrected chi connectivity index (χ2v) is 5.18. The predicted octanol–water partition coefficient (Wildman–Crippen LogP) is 1.49. The largest absolute Gasteiger partial charge is 0.481 e. The summed E-state index contributed by atoms with van der Waals surface area (Å²) in [6.07, 6.45) is -2.97. The SMILES string of the molecule is O=C(NC1CC(C(=O)O)C1)NC(C1CC1)C(F)(F)F. The van der Waals surface area contributed by atoms with Crippen LogP contribution in [0.5, 0.6) is 0 Å². The summed E-state index contributed by atoms with van der Waals surface area (Å²) in [5.74, 6) is -1.98. The molecule has 2 rings (SSSR count). The molecule has 0 radical (unpaired) electrons. The number of carbonyl (C=O) groups excluding carboxylic acids is 1. The van der Waals surface area contributed by atoms with E-state index in [0.29, 0.717) is 12.8 Å². The second kappa shape index (κ2) is 4.90. The van der Waals surface area contributed by atoms with Crippen LogP contribution in [0, 0.1) is 11.8 Å². The van der Waals surface area contributed by atoms with Crippen LogP contribution < -0.4 is 10.6 Å². The standard InChI is InChI=1S/C11H15F3N2O3/c12-11(13,14)8(5-1-2-5)16-10(19)15-7-3-6(4-7)9(17)18/h5-8H,1-4H2,(H,17,18)(H2,15,16,19). The Morgan fingerprint density at radius 3 is 2.21 bits per heavy atom. The molecule has 5 nitrogen and oxygen atoms in total. The first-order valence-electron chi connectivity index (χ1n) is 6.14. The molecule has 0 spiro atoms. The van der Waals surface area contributed by atoms with E-state index in [2.05, 4.69) is 5.32 Å². The zero-order valence-corrected chi connectivity index (χ0v) is 10.0. The number of hydrogen-bond acceptors (Lipinski definition) is 2. The number of nitrogens with one attached hydrogen (secondary N) is 2. The third kappa shape index (κ3) is 3.51. The third-order valence-corrected chi connectivity index (χ3v) is 3.56. The molecule has 0 heterocycles. The van der Waals surface area contributed by atoms with E-state index in [-0.39, 0.29) is 18.9 Å². The minimum atomic E-state index is -4.44. The Morgan fingerprint density at radius 1 is 1.21 bits per heavy atom. The summed E-state index contributed by atoms with van der Waals surface area (Å²) in [7, 11) is 0. The maximum atomic E-state index is 12.7. The topological polar surface area (TPSA) is 78.4 Å². The Hall–Kier alpha value is -1.47. The van der Waals surface area contributed by atoms with Crippen molar-refractivity contribution >= 4 is 12.0 Å². The number of carboxylic acid groups (broad SMARTS) is 1. The molecular formula is C11H15F3N2O3. The van der Waals surface area contributed by atoms with E-state index in [4.69, 9.17) is 5.11 Å². The van der Waals surface area contributed by atoms with Gasteiger partial charge in [0.25, 0.3) is 0 Å². The van der Waals surface area contributed by atoms with Crippen LogP contribution in [0.3, 0.4) is 0 Å². The average Bonchev–Trinajstić information content (AvgIpc) is 3.00. The molecule has 2 fully saturated rings. The molecule has 8 heteroatoms. The van der Waals surface area contributed by atoms with Crippen LogP contribution in [0.1, 0.15) is 25.7 Å². The van der Waals surface area contributed by atoms with Gasteiger partial charge in [-0.15, -0.1) is 0 Å². The highest BCUT2D eigenvalue weighted by molar-refractivity contribution is 5.76. The van der Waals surface area contributed by atoms with Crippen molar-refractivity contribution in [3.05, 3.63) is 0 Å². The van der Waals surface area contributed by atoms with Gasteiger partial charge in [0.2, 0.25) is 0 Å². The van der Waals surface area contributed by atoms with Crippen molar-refractivity contribution in [1.29, 1.82) is 0 Å². The van der Waals surface area contributed by atoms with Crippen LogP contribution in [-0.4, -0.2) is 35.4 Å². The summed E-state index contributed by atoms with van der Waals surface area (Å²) >= 11 is 0. The van der Waals surface area contributed by atoms with Crippen molar-refractivity contribution in [2.45, 2.75) is 43.9 Å². The van der Waals surface area contributed by atoms with Gasteiger partial charge in [0.1, 0.15) is 6.04 Å². The third-order valence-electron chi connectivity index (χ3n) is 3.56. The van der Waals surface area contributed by atoms with Gasteiger partial charge in [-0.25, -0.2) is 4.79 Å². The first kappa shape index (κ1) is 14.0. The Labute approximate surface area is 107 Å². The highest BCUT2D eigenvalue weighted by Crippen LogP contribution is 2.40. The summed E-state index contributed by atoms with van der Waals surface area (Å²) in [5, 5.41) is 13.0. The molecule has 2 saturated carbocycles. The Morgan fingerprint density at radius 2 is 1.79 bits per heavy atom. The summed E-state index contributed by atoms with van der Waals surface area (Å²) in [5.41, 5.74) is 0. The monoisotopic (exact) mass is 280 g/mol. The Balaban J connectivity index is 1.76. The van der Waals surface area contributed by atoms with Crippen molar-refractivity contribution < 1.29 is 27.9 Å². The summed E-state index contributed by atoms with van der Waals surface area (Å²) in [4.78, 5) is 22.0. The molecule has 0 aromatic carbocycles. The fourth-order valence-corrected chi connectivity index (χ4v) is 2.20. The van der Waals surface area contributed by atoms with Gasteiger partial charge in [-0.2, -0.15) is 13.2 Å². The van der Waals surface area contributed by atoms with Crippen LogP contribution >= 0.6 is 0 Å². The Bertz CT molecular complexity index is 376. The van der Waals surface area contributed by atoms with Crippen molar-refractivity contribution in [3.8, 4) is 0 Å². The highest BCUT2D eigenvalue weighted by atomic mass is 19.4. The summed E-state index contributed by atoms with van der Waals surface area (Å²) in [6, 6.07) is -3.03. The van der Waals surface area contributed by atoms with Crippen LogP contribution in [0.25, 0.3) is 0 Å². The van der Waals surface area contributed by atoms with E-state index < -0.39 is 36.1 Å². The molecule has 2 aliphatic rings. The number of aliphatic carboxylic acids is 1. The number of alkyl halides is 3. The fraction of sp³-hybridized carbons (Fsp3) is 0.818. The first-order valence-corrected chi connectivity index (χ1v) is 6.14. The van der Waals surface area contributed by atoms with Crippen LogP contribution in [0.2, 0.25) is 0 Å². The smallest absolute Gasteiger partial charge is 0.408 e. The van der Waals surface area contributed by atoms with Gasteiger partial charge in [-0.05, 0) is 31.6 Å². The van der Waals surface area contributed by atoms with Gasteiger partial charge in [0.15, 0.2) is 0 Å². The lowest BCUT2D eigenvalue weighted by molar-refractivity contribution is -0.157. The van der Waals surface area contributed by atoms with Crippen molar-refractivity contribution in [1.82, 2.24) is 10.6 Å². The van der Waals surface area contributed by atoms with Crippen LogP contribution in [0.15, 0.2) is 0 Å². The fourth-order valence-electron chi connectivity index (χ4n) is 2.20. The van der Waals surface area contributed by atoms with E-state index in [1.165, 1.54) is 0 Å². The molecule has 0 aromatic rings. The predicted molar refractivity (Wildman–Crippen MR) is 58.4 cm³/mol. The lowest BCUT2D eigenvalue weighted by Crippen LogP contribution is -2.55. The number of halogens is 3. The normalized spacial score (nSPS) is 28.2. The molecular weight excluding hydrogens is 265 g/mol. The van der Waals surface area contributed by atoms with Crippen molar-refractivity contribution in [3.63, 3.8) is 0 Å². The first-order chi connectivity index (χ1) is 8.77. The quantitative estimate of drug-likeness (QED) is 0.730. The van der Waals surface area contributed by atoms with E-state index in [0.717, 1.165) is 0 Å². The van der Waals surface area contributed by atoms with Gasteiger partial charge in [0, 0.05) is 6.04 Å². The maximum Gasteiger partial charge on any atom is 0.408 e. The minimum absolute atomic E-state index is 0.267. The number of amides is 2. The van der Waals surface area contributed by atoms with E-state index in [1.807, 2.05) is 5.32 Å². The molecule has 0 aromatic heterocycles. The molecule has 0 bridgehead atoms. The zero-order chi connectivity index (χ0) is 14.2. The van der Waals surface area contributed by atoms with Gasteiger partial charge in [-0.3, -0.25) is 4.79 Å². The molecule has 0 aliphatic heterocycles. The van der Waals surface area contributed by atoms with Crippen LogP contribution in [-0.2, 0) is 4.79 Å². The van der Waals surface area contributed by atoms with Crippen molar-refractivity contribution in [2.24, 2.45) is 11.8 Å². The zero-order valence-electron chi connectivity index (χ0n) is 10.0. The number of hydrogen-bond donors (Lipinski definition) is 3. The van der Waals surface area contributed by atoms with Gasteiger partial charge < -0.3 is 15.7 Å². The molecule has 3 N–H and O–H groups in total. The summed E-state index contributed by atoms with van der Waals surface area (Å²) in [6.45, 7) is 0. The summed E-state index contributed by atoms with van der Waals surface area (Å²) < 4.78 is 38.0. The molecule has 2 amide bonds. The molecule has 1 atom stereocenters. The minimum Gasteiger partial charge on any atom is -0.481 e. The van der Waals surface area contributed by atoms with Gasteiger partial charge in [0.05, 0.1) is 5.92 Å². The van der Waals surface area contributed by atoms with E-state index in [1.54, 1.807) is 0 Å². The molecule has 19 heavy (non-hydrogen) atoms. The van der Waals surface area contributed by atoms with Gasteiger partial charge in [-0.1, -0.05) is 0 Å². The molecule has 2 aliphatic carbocycles. The van der Waals surface area contributed by atoms with Crippen molar-refractivity contribution in [2.75, 3.05) is 0 Å². The lowest BCUT2D eigenvalue weighted by Gasteiger charge is -2.33. The number of carboxylic acids is 1. The lowest BCUT2D eigenvalue weighted by atomic mass is 9.80. The highest BCUT2D eigenvalue weighted by Gasteiger charge is 2.50. The van der Waals surface area contributed by atoms with E-state index in [9.17, 15) is 22.8 Å². The number of rotatable bonds is 4. The average molecular weight is 280 g/mol. The molecule has 1 unspecified atom stereocenters. The van der Waals surface area contributed by atoms with Gasteiger partial charge >= 0.3 is 18.2 Å². The molecule has 108 valence electrons. The number of urea groups is 1. The second-order valence-electron chi connectivity index (χ2n) is 5.18. The maximum absolute atomic E-state index is 12.7. The van der Waals surface area contributed by atoms with E-state index >= 15 is 0 Å². The Kier molecular flexibility index (Phi) is 3.60. The molecule has 0 saturated heterocycles. The van der Waals surface area contributed by atoms with Crippen LogP contribution in [0.4, 0.5) is 18.0 Å². The number of carbonyl (C=O) groups is 2.